The van der Waals surface area contributed by atoms with Crippen molar-refractivity contribution < 1.29 is 28.2 Å². The van der Waals surface area contributed by atoms with Crippen molar-refractivity contribution in [3.8, 4) is 0 Å². The maximum Gasteiger partial charge on any atom is 0.290 e. The van der Waals surface area contributed by atoms with E-state index >= 15 is 0 Å². The Morgan fingerprint density at radius 3 is 2.97 bits per heavy atom. The van der Waals surface area contributed by atoms with Crippen LogP contribution in [0, 0.1) is 24.6 Å². The molecular formula is C23H27FN2O5. The average molecular weight is 430 g/mol. The van der Waals surface area contributed by atoms with E-state index in [4.69, 9.17) is 19.1 Å². The summed E-state index contributed by atoms with van der Waals surface area (Å²) in [5.41, 5.74) is 2.04. The number of likely N-dealkylation sites (tertiary alicyclic amines) is 1. The molecular weight excluding hydrogens is 403 g/mol. The third-order valence-electron chi connectivity index (χ3n) is 6.80. The zero-order valence-electron chi connectivity index (χ0n) is 17.4. The molecule has 166 valence electrons. The van der Waals surface area contributed by atoms with Crippen molar-refractivity contribution in [3.63, 3.8) is 0 Å². The van der Waals surface area contributed by atoms with E-state index in [-0.39, 0.29) is 29.9 Å². The molecule has 2 bridgehead atoms. The highest BCUT2D eigenvalue weighted by Crippen LogP contribution is 2.54. The molecule has 1 aromatic carbocycles. The Kier molecular flexibility index (Phi) is 6.11. The van der Waals surface area contributed by atoms with Crippen LogP contribution in [0.5, 0.6) is 0 Å². The van der Waals surface area contributed by atoms with Crippen LogP contribution in [0.25, 0.3) is 0 Å². The smallest absolute Gasteiger partial charge is 0.290 e. The number of furan rings is 1. The van der Waals surface area contributed by atoms with Gasteiger partial charge in [-0.25, -0.2) is 4.39 Å². The molecule has 1 aromatic heterocycles. The van der Waals surface area contributed by atoms with Gasteiger partial charge < -0.3 is 19.6 Å². The van der Waals surface area contributed by atoms with E-state index in [1.165, 1.54) is 12.3 Å². The number of carbonyl (C=O) groups excluding carboxylic acids is 1. The van der Waals surface area contributed by atoms with E-state index in [1.54, 1.807) is 18.2 Å². The van der Waals surface area contributed by atoms with E-state index in [1.807, 2.05) is 13.0 Å². The van der Waals surface area contributed by atoms with E-state index < -0.39 is 0 Å². The molecule has 3 aliphatic heterocycles. The molecule has 8 heteroatoms. The van der Waals surface area contributed by atoms with Gasteiger partial charge in [0.1, 0.15) is 5.82 Å². The normalized spacial score (nSPS) is 28.6. The monoisotopic (exact) mass is 430 g/mol. The molecule has 31 heavy (non-hydrogen) atoms. The summed E-state index contributed by atoms with van der Waals surface area (Å²) in [6, 6.07) is 8.38. The summed E-state index contributed by atoms with van der Waals surface area (Å²) in [6.45, 7) is 4.92. The predicted molar refractivity (Wildman–Crippen MR) is 110 cm³/mol. The third kappa shape index (κ3) is 4.22. The van der Waals surface area contributed by atoms with Gasteiger partial charge in [-0.2, -0.15) is 0 Å². The van der Waals surface area contributed by atoms with Crippen molar-refractivity contribution in [2.24, 2.45) is 11.8 Å². The van der Waals surface area contributed by atoms with Gasteiger partial charge in [0.2, 0.25) is 0 Å². The summed E-state index contributed by atoms with van der Waals surface area (Å²) < 4.78 is 25.3. The van der Waals surface area contributed by atoms with Crippen LogP contribution in [-0.4, -0.2) is 53.7 Å². The minimum atomic E-state index is -0.250. The number of aryl methyl sites for hydroxylation is 1. The van der Waals surface area contributed by atoms with Crippen LogP contribution in [0.15, 0.2) is 41.0 Å². The van der Waals surface area contributed by atoms with E-state index in [0.717, 1.165) is 43.6 Å². The number of hydrogen-bond donors (Lipinski definition) is 2. The number of carboxylic acid groups (broad SMARTS) is 1. The number of ether oxygens (including phenoxy) is 1. The van der Waals surface area contributed by atoms with Gasteiger partial charge in [0.15, 0.2) is 5.76 Å². The van der Waals surface area contributed by atoms with Crippen LogP contribution in [-0.2, 0) is 16.1 Å². The summed E-state index contributed by atoms with van der Waals surface area (Å²) in [7, 11) is 0. The highest BCUT2D eigenvalue weighted by molar-refractivity contribution is 5.91. The predicted octanol–water partition coefficient (Wildman–Crippen LogP) is 2.84. The van der Waals surface area contributed by atoms with Gasteiger partial charge in [-0.1, -0.05) is 6.07 Å². The van der Waals surface area contributed by atoms with Gasteiger partial charge in [0.05, 0.1) is 18.0 Å². The fourth-order valence-electron chi connectivity index (χ4n) is 5.44. The van der Waals surface area contributed by atoms with Crippen LogP contribution < -0.4 is 5.32 Å². The Labute approximate surface area is 180 Å². The summed E-state index contributed by atoms with van der Waals surface area (Å²) in [4.78, 5) is 23.0. The Bertz CT molecular complexity index is 934. The number of nitrogens with one attached hydrogen (secondary N) is 1. The molecule has 4 atom stereocenters. The molecule has 0 aliphatic carbocycles. The van der Waals surface area contributed by atoms with Crippen LogP contribution in [0.3, 0.4) is 0 Å². The zero-order valence-corrected chi connectivity index (χ0v) is 17.4. The van der Waals surface area contributed by atoms with Gasteiger partial charge in [-0.3, -0.25) is 14.5 Å². The minimum Gasteiger partial charge on any atom is -0.483 e. The topological polar surface area (TPSA) is 92.0 Å². The summed E-state index contributed by atoms with van der Waals surface area (Å²) >= 11 is 0. The van der Waals surface area contributed by atoms with Crippen molar-refractivity contribution in [2.45, 2.75) is 38.0 Å². The second-order valence-electron chi connectivity index (χ2n) is 8.56. The molecule has 7 nitrogen and oxygen atoms in total. The zero-order chi connectivity index (χ0) is 22.0. The number of benzene rings is 1. The fraction of sp³-hybridized carbons (Fsp3) is 0.478. The molecule has 3 aliphatic rings. The molecule has 1 amide bonds. The Hall–Kier alpha value is -2.71. The van der Waals surface area contributed by atoms with Crippen molar-refractivity contribution in [1.82, 2.24) is 10.2 Å². The number of fused-ring (bicyclic) bond motifs is 1. The number of hydrogen-bond acceptors (Lipinski definition) is 5. The number of nitrogens with zero attached hydrogens (tertiary/aromatic N) is 1. The van der Waals surface area contributed by atoms with Gasteiger partial charge in [0, 0.05) is 38.0 Å². The largest absolute Gasteiger partial charge is 0.483 e. The second kappa shape index (κ2) is 8.80. The second-order valence-corrected chi connectivity index (χ2v) is 8.56. The highest BCUT2D eigenvalue weighted by atomic mass is 19.1. The first-order valence-corrected chi connectivity index (χ1v) is 10.5. The summed E-state index contributed by atoms with van der Waals surface area (Å²) in [6.07, 6.45) is 3.85. The number of halogens is 1. The summed E-state index contributed by atoms with van der Waals surface area (Å²) in [5.74, 6) is 0.692. The van der Waals surface area contributed by atoms with E-state index in [9.17, 15) is 9.18 Å². The highest BCUT2D eigenvalue weighted by Gasteiger charge is 2.62. The van der Waals surface area contributed by atoms with Gasteiger partial charge in [-0.05, 0) is 55.2 Å². The molecule has 2 N–H and O–H groups in total. The molecule has 0 radical (unpaired) electrons. The Morgan fingerprint density at radius 2 is 2.23 bits per heavy atom. The Morgan fingerprint density at radius 1 is 1.42 bits per heavy atom. The standard InChI is InChI=1S/C22H25FN2O3.CH2O2/c1-14-4-5-16(23)9-15(14)11-25-12-18-17(19-6-7-22(18,13-25)28-19)10-24-21(26)20-3-2-8-27-20;2-1-3/h2-5,8-9,17-19H,6-7,10-13H2,1H3,(H,24,26);1H,(H,2,3)/t17-,18+,19+,22+;/m0./s1. The first-order valence-electron chi connectivity index (χ1n) is 10.5. The quantitative estimate of drug-likeness (QED) is 0.709. The lowest BCUT2D eigenvalue weighted by Gasteiger charge is -2.29. The lowest BCUT2D eigenvalue weighted by Crippen LogP contribution is -2.41. The number of carbonyl (C=O) groups is 2. The maximum atomic E-state index is 13.7. The van der Waals surface area contributed by atoms with Crippen molar-refractivity contribution in [3.05, 3.63) is 59.3 Å². The maximum absolute atomic E-state index is 13.7. The van der Waals surface area contributed by atoms with Gasteiger partial charge in [-0.15, -0.1) is 0 Å². The van der Waals surface area contributed by atoms with E-state index in [0.29, 0.717) is 24.1 Å². The fourth-order valence-corrected chi connectivity index (χ4v) is 5.44. The van der Waals surface area contributed by atoms with Crippen molar-refractivity contribution in [1.29, 1.82) is 0 Å². The molecule has 1 spiro atoms. The average Bonchev–Trinajstić information content (AvgIpc) is 3.50. The molecule has 3 fully saturated rings. The molecule has 2 aromatic rings. The van der Waals surface area contributed by atoms with Gasteiger partial charge >= 0.3 is 0 Å². The summed E-state index contributed by atoms with van der Waals surface area (Å²) in [5, 5.41) is 9.91. The van der Waals surface area contributed by atoms with E-state index in [2.05, 4.69) is 10.2 Å². The van der Waals surface area contributed by atoms with Crippen LogP contribution >= 0.6 is 0 Å². The molecule has 3 saturated heterocycles. The van der Waals surface area contributed by atoms with Crippen LogP contribution in [0.2, 0.25) is 0 Å². The molecule has 0 saturated carbocycles. The van der Waals surface area contributed by atoms with Crippen LogP contribution in [0.4, 0.5) is 4.39 Å². The van der Waals surface area contributed by atoms with Crippen LogP contribution in [0.1, 0.15) is 34.5 Å². The van der Waals surface area contributed by atoms with Crippen molar-refractivity contribution >= 4 is 12.4 Å². The minimum absolute atomic E-state index is 0.105. The van der Waals surface area contributed by atoms with Crippen molar-refractivity contribution in [2.75, 3.05) is 19.6 Å². The van der Waals surface area contributed by atoms with Gasteiger partial charge in [0.25, 0.3) is 12.4 Å². The lowest BCUT2D eigenvalue weighted by molar-refractivity contribution is -0.122. The molecule has 0 unspecified atom stereocenters. The molecule has 5 rings (SSSR count). The SMILES string of the molecule is Cc1ccc(F)cc1CN1C[C@@H]2[C@H](CNC(=O)c3ccco3)[C@H]3CC[C@]2(C1)O3.O=CO. The lowest BCUT2D eigenvalue weighted by atomic mass is 9.73. The first kappa shape index (κ1) is 21.5. The number of rotatable bonds is 5. The first-order chi connectivity index (χ1) is 15.0. The third-order valence-corrected chi connectivity index (χ3v) is 6.80. The molecule has 4 heterocycles. The Balaban J connectivity index is 0.000000730. The number of amides is 1.